The first-order chi connectivity index (χ1) is 30.0. The van der Waals surface area contributed by atoms with E-state index in [1.54, 1.807) is 0 Å². The van der Waals surface area contributed by atoms with Crippen LogP contribution in [-0.2, 0) is 28.6 Å². The molecule has 0 fully saturated rings. The highest BCUT2D eigenvalue weighted by Gasteiger charge is 2.19. The monoisotopic (exact) mass is 843 g/mol. The molecule has 0 bridgehead atoms. The maximum atomic E-state index is 12.8. The van der Waals surface area contributed by atoms with Gasteiger partial charge in [0.25, 0.3) is 0 Å². The Balaban J connectivity index is 4.56. The number of ether oxygens (including phenoxy) is 3. The van der Waals surface area contributed by atoms with Crippen LogP contribution in [0.2, 0.25) is 0 Å². The van der Waals surface area contributed by atoms with Crippen molar-refractivity contribution in [3.63, 3.8) is 0 Å². The lowest BCUT2D eigenvalue weighted by atomic mass is 10.1. The van der Waals surface area contributed by atoms with Gasteiger partial charge in [0, 0.05) is 19.3 Å². The normalized spacial score (nSPS) is 13.2. The Morgan fingerprint density at radius 1 is 0.344 bits per heavy atom. The highest BCUT2D eigenvalue weighted by Crippen LogP contribution is 2.12. The summed E-state index contributed by atoms with van der Waals surface area (Å²) in [6.45, 7) is 6.25. The average molecular weight is 843 g/mol. The Kier molecular flexibility index (Phi) is 45.1. The number of unbranched alkanes of at least 4 members (excludes halogenated alkanes) is 17. The van der Waals surface area contributed by atoms with E-state index in [1.165, 1.54) is 38.5 Å². The first kappa shape index (κ1) is 56.8. The number of allylic oxidation sites excluding steroid dienone is 20. The molecule has 0 aliphatic rings. The minimum Gasteiger partial charge on any atom is -0.462 e. The third kappa shape index (κ3) is 46.7. The van der Waals surface area contributed by atoms with Crippen molar-refractivity contribution in [3.05, 3.63) is 122 Å². The van der Waals surface area contributed by atoms with E-state index in [0.717, 1.165) is 109 Å². The molecule has 0 aliphatic heterocycles. The van der Waals surface area contributed by atoms with Gasteiger partial charge in [-0.1, -0.05) is 206 Å². The Labute approximate surface area is 373 Å². The van der Waals surface area contributed by atoms with E-state index in [0.29, 0.717) is 12.8 Å². The quantitative estimate of drug-likeness (QED) is 0.0201. The molecule has 0 aromatic heterocycles. The van der Waals surface area contributed by atoms with Crippen molar-refractivity contribution in [2.45, 2.75) is 194 Å². The fraction of sp³-hybridized carbons (Fsp3) is 0.582. The molecule has 6 heteroatoms. The number of rotatable bonds is 41. The highest BCUT2D eigenvalue weighted by atomic mass is 16.6. The first-order valence-electron chi connectivity index (χ1n) is 24.2. The van der Waals surface area contributed by atoms with Crippen molar-refractivity contribution in [1.82, 2.24) is 0 Å². The standard InChI is InChI=1S/C55H86O6/c1-4-7-10-13-16-19-22-25-26-27-28-31-33-36-39-42-45-48-54(57)60-51-52(61-55(58)49-46-43-40-37-34-30-24-21-18-15-12-9-6-3)50-59-53(56)47-44-41-38-35-32-29-23-20-17-14-11-8-5-2/h7,9-10,12-13,15-16,18-19,21-22,24-29,31-33,52H,4-6,8,11,14,17,20,23,30,34-51H2,1-3H3/b10-7+,12-9+,16-13+,18-15+,22-19+,24-21+,26-25+,28-27+,32-29+,33-31+. The number of carbonyl (C=O) groups is 3. The van der Waals surface area contributed by atoms with E-state index in [1.807, 2.05) is 66.8 Å². The van der Waals surface area contributed by atoms with Crippen molar-refractivity contribution < 1.29 is 28.6 Å². The fourth-order valence-electron chi connectivity index (χ4n) is 6.05. The van der Waals surface area contributed by atoms with Gasteiger partial charge in [-0.05, 0) is 83.5 Å². The molecule has 0 amide bonds. The molecule has 0 saturated heterocycles. The second-order valence-corrected chi connectivity index (χ2v) is 15.5. The van der Waals surface area contributed by atoms with Gasteiger partial charge in [0.15, 0.2) is 6.10 Å². The molecule has 0 aliphatic carbocycles. The molecule has 0 N–H and O–H groups in total. The number of carbonyl (C=O) groups excluding carboxylic acids is 3. The number of esters is 3. The van der Waals surface area contributed by atoms with Crippen LogP contribution in [0.4, 0.5) is 0 Å². The molecule has 0 aromatic carbocycles. The predicted octanol–water partition coefficient (Wildman–Crippen LogP) is 15.7. The lowest BCUT2D eigenvalue weighted by molar-refractivity contribution is -0.167. The van der Waals surface area contributed by atoms with Gasteiger partial charge in [0.1, 0.15) is 13.2 Å². The van der Waals surface area contributed by atoms with Crippen molar-refractivity contribution in [2.24, 2.45) is 0 Å². The lowest BCUT2D eigenvalue weighted by Gasteiger charge is -2.18. The molecular weight excluding hydrogens is 757 g/mol. The van der Waals surface area contributed by atoms with Gasteiger partial charge in [-0.25, -0.2) is 0 Å². The van der Waals surface area contributed by atoms with Crippen LogP contribution in [0.15, 0.2) is 122 Å². The first-order valence-corrected chi connectivity index (χ1v) is 24.2. The topological polar surface area (TPSA) is 78.9 Å². The van der Waals surface area contributed by atoms with Crippen LogP contribution in [-0.4, -0.2) is 37.2 Å². The molecule has 0 aromatic rings. The third-order valence-corrected chi connectivity index (χ3v) is 9.65. The van der Waals surface area contributed by atoms with E-state index >= 15 is 0 Å². The molecule has 0 saturated carbocycles. The summed E-state index contributed by atoms with van der Waals surface area (Å²) in [5.41, 5.74) is 0. The van der Waals surface area contributed by atoms with Crippen LogP contribution in [0.1, 0.15) is 188 Å². The Bertz CT molecular complexity index is 1340. The summed E-state index contributed by atoms with van der Waals surface area (Å²) in [4.78, 5) is 37.9. The van der Waals surface area contributed by atoms with Crippen LogP contribution in [0.5, 0.6) is 0 Å². The van der Waals surface area contributed by atoms with Crippen LogP contribution >= 0.6 is 0 Å². The summed E-state index contributed by atoms with van der Waals surface area (Å²) >= 11 is 0. The Hall–Kier alpha value is -4.19. The maximum Gasteiger partial charge on any atom is 0.306 e. The fourth-order valence-corrected chi connectivity index (χ4v) is 6.05. The van der Waals surface area contributed by atoms with E-state index in [-0.39, 0.29) is 37.5 Å². The molecule has 0 radical (unpaired) electrons. The van der Waals surface area contributed by atoms with Gasteiger partial charge in [-0.2, -0.15) is 0 Å². The van der Waals surface area contributed by atoms with Crippen LogP contribution in [0.3, 0.4) is 0 Å². The highest BCUT2D eigenvalue weighted by molar-refractivity contribution is 5.71. The van der Waals surface area contributed by atoms with E-state index in [4.69, 9.17) is 14.2 Å². The molecule has 0 heterocycles. The van der Waals surface area contributed by atoms with E-state index < -0.39 is 6.10 Å². The summed E-state index contributed by atoms with van der Waals surface area (Å²) in [6, 6.07) is 0. The second-order valence-electron chi connectivity index (χ2n) is 15.5. The summed E-state index contributed by atoms with van der Waals surface area (Å²) in [5, 5.41) is 0. The minimum absolute atomic E-state index is 0.113. The SMILES string of the molecule is CC/C=C/C=C/C=C/C=C/C=C/C=C/CCCCCC(=O)OCC(COC(=O)CCCCC/C=C/CCCCCCCC)OC(=O)CCCCCCC/C=C/C=C/C=C/CC. The van der Waals surface area contributed by atoms with Crippen molar-refractivity contribution in [3.8, 4) is 0 Å². The van der Waals surface area contributed by atoms with Crippen molar-refractivity contribution in [1.29, 1.82) is 0 Å². The molecule has 1 atom stereocenters. The predicted molar refractivity (Wildman–Crippen MR) is 260 cm³/mol. The van der Waals surface area contributed by atoms with Crippen LogP contribution in [0, 0.1) is 0 Å². The zero-order valence-electron chi connectivity index (χ0n) is 38.9. The third-order valence-electron chi connectivity index (χ3n) is 9.65. The number of hydrogen-bond donors (Lipinski definition) is 0. The van der Waals surface area contributed by atoms with E-state index in [9.17, 15) is 14.4 Å². The molecule has 342 valence electrons. The zero-order valence-corrected chi connectivity index (χ0v) is 38.9. The summed E-state index contributed by atoms with van der Waals surface area (Å²) in [7, 11) is 0. The van der Waals surface area contributed by atoms with Gasteiger partial charge in [-0.3, -0.25) is 14.4 Å². The van der Waals surface area contributed by atoms with Gasteiger partial charge < -0.3 is 14.2 Å². The Morgan fingerprint density at radius 3 is 1.07 bits per heavy atom. The summed E-state index contributed by atoms with van der Waals surface area (Å²) in [5.74, 6) is -1.00. The molecular formula is C55H86O6. The zero-order chi connectivity index (χ0) is 44.4. The summed E-state index contributed by atoms with van der Waals surface area (Å²) in [6.07, 6.45) is 66.0. The van der Waals surface area contributed by atoms with Gasteiger partial charge in [0.2, 0.25) is 0 Å². The van der Waals surface area contributed by atoms with Crippen LogP contribution < -0.4 is 0 Å². The summed E-state index contributed by atoms with van der Waals surface area (Å²) < 4.78 is 16.7. The second kappa shape index (κ2) is 48.5. The largest absolute Gasteiger partial charge is 0.462 e. The Morgan fingerprint density at radius 2 is 0.656 bits per heavy atom. The number of hydrogen-bond acceptors (Lipinski definition) is 6. The maximum absolute atomic E-state index is 12.8. The molecule has 6 nitrogen and oxygen atoms in total. The van der Waals surface area contributed by atoms with Crippen molar-refractivity contribution >= 4 is 17.9 Å². The van der Waals surface area contributed by atoms with Crippen LogP contribution in [0.25, 0.3) is 0 Å². The minimum atomic E-state index is -0.815. The molecule has 0 spiro atoms. The van der Waals surface area contributed by atoms with Gasteiger partial charge in [0.05, 0.1) is 0 Å². The van der Waals surface area contributed by atoms with Gasteiger partial charge in [-0.15, -0.1) is 0 Å². The smallest absolute Gasteiger partial charge is 0.306 e. The van der Waals surface area contributed by atoms with E-state index in [2.05, 4.69) is 75.5 Å². The average Bonchev–Trinajstić information content (AvgIpc) is 3.26. The van der Waals surface area contributed by atoms with Crippen molar-refractivity contribution in [2.75, 3.05) is 13.2 Å². The van der Waals surface area contributed by atoms with Gasteiger partial charge >= 0.3 is 17.9 Å². The molecule has 0 rings (SSSR count). The lowest BCUT2D eigenvalue weighted by Crippen LogP contribution is -2.30. The molecule has 61 heavy (non-hydrogen) atoms. The molecule has 1 unspecified atom stereocenters.